The molecule has 0 fully saturated rings. The number of benzene rings is 1. The molecule has 0 saturated heterocycles. The van der Waals surface area contributed by atoms with Crippen LogP contribution in [0.3, 0.4) is 0 Å². The van der Waals surface area contributed by atoms with E-state index in [4.69, 9.17) is 5.73 Å². The molecule has 0 amide bonds. The molecule has 0 atom stereocenters. The zero-order valence-electron chi connectivity index (χ0n) is 8.24. The van der Waals surface area contributed by atoms with Gasteiger partial charge >= 0.3 is 0 Å². The minimum absolute atomic E-state index is 0.0420. The van der Waals surface area contributed by atoms with Gasteiger partial charge in [0, 0.05) is 0 Å². The number of aryl methyl sites for hydroxylation is 1. The van der Waals surface area contributed by atoms with Gasteiger partial charge in [-0.2, -0.15) is 0 Å². The molecule has 0 aliphatic carbocycles. The first-order valence-corrected chi connectivity index (χ1v) is 5.96. The molecule has 1 rings (SSSR count). The van der Waals surface area contributed by atoms with Gasteiger partial charge in [0.25, 0.3) is 0 Å². The zero-order valence-corrected chi connectivity index (χ0v) is 9.06. The molecule has 5 heteroatoms. The molecule has 14 heavy (non-hydrogen) atoms. The summed E-state index contributed by atoms with van der Waals surface area (Å²) in [6.45, 7) is 3.47. The van der Waals surface area contributed by atoms with Crippen LogP contribution in [-0.2, 0) is 10.0 Å². The fourth-order valence-electron chi connectivity index (χ4n) is 1.01. The van der Waals surface area contributed by atoms with Crippen molar-refractivity contribution in [2.24, 2.45) is 0 Å². The number of hydrogen-bond donors (Lipinski definition) is 2. The maximum atomic E-state index is 11.2. The lowest BCUT2D eigenvalue weighted by molar-refractivity contribution is 0.602. The predicted molar refractivity (Wildman–Crippen MR) is 58.7 cm³/mol. The Morgan fingerprint density at radius 2 is 2.07 bits per heavy atom. The van der Waals surface area contributed by atoms with Crippen LogP contribution in [0.2, 0.25) is 0 Å². The quantitative estimate of drug-likeness (QED) is 0.746. The van der Waals surface area contributed by atoms with Crippen LogP contribution in [0.5, 0.6) is 0 Å². The minimum Gasteiger partial charge on any atom is -0.397 e. The van der Waals surface area contributed by atoms with Gasteiger partial charge in [0.2, 0.25) is 10.0 Å². The molecule has 0 aromatic heterocycles. The van der Waals surface area contributed by atoms with E-state index in [2.05, 4.69) is 4.72 Å². The summed E-state index contributed by atoms with van der Waals surface area (Å²) in [6.07, 6.45) is 0. The lowest BCUT2D eigenvalue weighted by atomic mass is 10.2. The number of nitrogen functional groups attached to an aromatic ring is 1. The van der Waals surface area contributed by atoms with Crippen LogP contribution in [0, 0.1) is 6.92 Å². The lowest BCUT2D eigenvalue weighted by Gasteiger charge is -2.08. The number of hydrogen-bond acceptors (Lipinski definition) is 3. The first kappa shape index (κ1) is 10.8. The summed E-state index contributed by atoms with van der Waals surface area (Å²) in [6, 6.07) is 5.20. The molecular weight excluding hydrogens is 200 g/mol. The molecule has 78 valence electrons. The Hall–Kier alpha value is -1.23. The molecule has 3 N–H and O–H groups in total. The van der Waals surface area contributed by atoms with Crippen molar-refractivity contribution >= 4 is 21.4 Å². The lowest BCUT2D eigenvalue weighted by Crippen LogP contribution is -2.15. The highest BCUT2D eigenvalue weighted by atomic mass is 32.2. The van der Waals surface area contributed by atoms with Crippen LogP contribution in [0.25, 0.3) is 0 Å². The third kappa shape index (κ3) is 2.63. The van der Waals surface area contributed by atoms with E-state index < -0.39 is 10.0 Å². The first-order chi connectivity index (χ1) is 6.44. The third-order valence-corrected chi connectivity index (χ3v) is 3.14. The van der Waals surface area contributed by atoms with Crippen molar-refractivity contribution in [2.45, 2.75) is 13.8 Å². The van der Waals surface area contributed by atoms with Gasteiger partial charge in [-0.3, -0.25) is 4.72 Å². The van der Waals surface area contributed by atoms with Gasteiger partial charge < -0.3 is 5.73 Å². The largest absolute Gasteiger partial charge is 0.397 e. The molecule has 1 aromatic carbocycles. The van der Waals surface area contributed by atoms with E-state index >= 15 is 0 Å². The Morgan fingerprint density at radius 3 is 2.57 bits per heavy atom. The summed E-state index contributed by atoms with van der Waals surface area (Å²) in [5.74, 6) is 0.0420. The van der Waals surface area contributed by atoms with E-state index in [0.29, 0.717) is 11.4 Å². The van der Waals surface area contributed by atoms with Crippen molar-refractivity contribution in [3.05, 3.63) is 23.8 Å². The average molecular weight is 214 g/mol. The van der Waals surface area contributed by atoms with Crippen LogP contribution >= 0.6 is 0 Å². The van der Waals surface area contributed by atoms with Crippen LogP contribution in [-0.4, -0.2) is 14.2 Å². The van der Waals surface area contributed by atoms with Crippen LogP contribution in [0.15, 0.2) is 18.2 Å². The van der Waals surface area contributed by atoms with Crippen molar-refractivity contribution < 1.29 is 8.42 Å². The molecule has 0 unspecified atom stereocenters. The third-order valence-electron chi connectivity index (χ3n) is 1.85. The summed E-state index contributed by atoms with van der Waals surface area (Å²) in [4.78, 5) is 0. The summed E-state index contributed by atoms with van der Waals surface area (Å²) in [7, 11) is -3.24. The molecule has 0 aliphatic rings. The molecule has 4 nitrogen and oxygen atoms in total. The Bertz CT molecular complexity index is 426. The van der Waals surface area contributed by atoms with Crippen molar-refractivity contribution in [3.63, 3.8) is 0 Å². The van der Waals surface area contributed by atoms with E-state index in [1.54, 1.807) is 19.1 Å². The molecule has 0 heterocycles. The van der Waals surface area contributed by atoms with Crippen molar-refractivity contribution in [3.8, 4) is 0 Å². The van der Waals surface area contributed by atoms with Gasteiger partial charge in [0.05, 0.1) is 17.1 Å². The molecule has 0 saturated carbocycles. The Labute approximate surface area is 84.2 Å². The van der Waals surface area contributed by atoms with Crippen LogP contribution in [0.4, 0.5) is 11.4 Å². The fraction of sp³-hybridized carbons (Fsp3) is 0.333. The fourth-order valence-corrected chi connectivity index (χ4v) is 1.68. The molecular formula is C9H14N2O2S. The standard InChI is InChI=1S/C9H14N2O2S/c1-3-14(12,13)11-9-5-4-7(2)6-8(9)10/h4-6,11H,3,10H2,1-2H3. The van der Waals surface area contributed by atoms with Gasteiger partial charge in [-0.05, 0) is 31.5 Å². The van der Waals surface area contributed by atoms with Gasteiger partial charge in [0.15, 0.2) is 0 Å². The van der Waals surface area contributed by atoms with Crippen LogP contribution < -0.4 is 10.5 Å². The zero-order chi connectivity index (χ0) is 10.8. The maximum Gasteiger partial charge on any atom is 0.232 e. The highest BCUT2D eigenvalue weighted by Gasteiger charge is 2.08. The Balaban J connectivity index is 2.99. The van der Waals surface area contributed by atoms with Gasteiger partial charge in [-0.15, -0.1) is 0 Å². The van der Waals surface area contributed by atoms with Gasteiger partial charge in [-0.25, -0.2) is 8.42 Å². The number of nitrogens with one attached hydrogen (secondary N) is 1. The van der Waals surface area contributed by atoms with E-state index in [9.17, 15) is 8.42 Å². The minimum atomic E-state index is -3.24. The predicted octanol–water partition coefficient (Wildman–Crippen LogP) is 1.34. The first-order valence-electron chi connectivity index (χ1n) is 4.31. The Kier molecular flexibility index (Phi) is 3.00. The van der Waals surface area contributed by atoms with E-state index in [1.165, 1.54) is 0 Å². The molecule has 0 bridgehead atoms. The van der Waals surface area contributed by atoms with E-state index in [-0.39, 0.29) is 5.75 Å². The summed E-state index contributed by atoms with van der Waals surface area (Å²) in [5, 5.41) is 0. The highest BCUT2D eigenvalue weighted by Crippen LogP contribution is 2.20. The summed E-state index contributed by atoms with van der Waals surface area (Å²) < 4.78 is 24.9. The monoisotopic (exact) mass is 214 g/mol. The molecule has 0 radical (unpaired) electrons. The van der Waals surface area contributed by atoms with E-state index in [1.807, 2.05) is 13.0 Å². The van der Waals surface area contributed by atoms with Crippen molar-refractivity contribution in [1.82, 2.24) is 0 Å². The van der Waals surface area contributed by atoms with E-state index in [0.717, 1.165) is 5.56 Å². The second-order valence-electron chi connectivity index (χ2n) is 3.10. The summed E-state index contributed by atoms with van der Waals surface area (Å²) in [5.41, 5.74) is 7.55. The highest BCUT2D eigenvalue weighted by molar-refractivity contribution is 7.92. The van der Waals surface area contributed by atoms with Crippen LogP contribution in [0.1, 0.15) is 12.5 Å². The van der Waals surface area contributed by atoms with Crippen molar-refractivity contribution in [2.75, 3.05) is 16.2 Å². The number of anilines is 2. The average Bonchev–Trinajstić information content (AvgIpc) is 2.10. The van der Waals surface area contributed by atoms with Crippen molar-refractivity contribution in [1.29, 1.82) is 0 Å². The maximum absolute atomic E-state index is 11.2. The number of sulfonamides is 1. The second kappa shape index (κ2) is 3.88. The number of nitrogens with two attached hydrogens (primary N) is 1. The normalized spacial score (nSPS) is 11.3. The molecule has 0 spiro atoms. The Morgan fingerprint density at radius 1 is 1.43 bits per heavy atom. The summed E-state index contributed by atoms with van der Waals surface area (Å²) >= 11 is 0. The smallest absolute Gasteiger partial charge is 0.232 e. The number of rotatable bonds is 3. The molecule has 1 aromatic rings. The van der Waals surface area contributed by atoms with Gasteiger partial charge in [0.1, 0.15) is 0 Å². The second-order valence-corrected chi connectivity index (χ2v) is 5.11. The molecule has 0 aliphatic heterocycles. The SMILES string of the molecule is CCS(=O)(=O)Nc1ccc(C)cc1N. The van der Waals surface area contributed by atoms with Gasteiger partial charge in [-0.1, -0.05) is 6.07 Å². The topological polar surface area (TPSA) is 72.2 Å².